The maximum atomic E-state index is 11.9. The molecule has 1 amide bonds. The van der Waals surface area contributed by atoms with Gasteiger partial charge in [0.2, 0.25) is 5.91 Å². The van der Waals surface area contributed by atoms with Crippen molar-refractivity contribution in [3.8, 4) is 0 Å². The summed E-state index contributed by atoms with van der Waals surface area (Å²) in [4.78, 5) is 17.5. The molecule has 1 aromatic heterocycles. The molecule has 0 bridgehead atoms. The summed E-state index contributed by atoms with van der Waals surface area (Å²) in [6.45, 7) is 2.50. The second kappa shape index (κ2) is 7.06. The van der Waals surface area contributed by atoms with Crippen molar-refractivity contribution in [1.29, 1.82) is 0 Å². The lowest BCUT2D eigenvalue weighted by molar-refractivity contribution is -0.131. The third-order valence-electron chi connectivity index (χ3n) is 2.84. The van der Waals surface area contributed by atoms with Crippen molar-refractivity contribution in [2.24, 2.45) is 0 Å². The lowest BCUT2D eigenvalue weighted by Gasteiger charge is -2.21. The second-order valence-electron chi connectivity index (χ2n) is 4.20. The lowest BCUT2D eigenvalue weighted by Crippen LogP contribution is -2.31. The zero-order valence-corrected chi connectivity index (χ0v) is 10.5. The van der Waals surface area contributed by atoms with Gasteiger partial charge in [-0.1, -0.05) is 13.3 Å². The molecule has 0 spiro atoms. The first-order chi connectivity index (χ1) is 8.19. The Labute approximate surface area is 102 Å². The van der Waals surface area contributed by atoms with Gasteiger partial charge in [0.25, 0.3) is 0 Å². The number of likely N-dealkylation sites (N-methyl/N-ethyl adjacent to an activating group) is 1. The topological polar surface area (TPSA) is 58.4 Å². The minimum Gasteiger partial charge on any atom is -0.395 e. The van der Waals surface area contributed by atoms with Gasteiger partial charge in [-0.3, -0.25) is 4.79 Å². The number of aliphatic hydroxyl groups excluding tert-OH is 1. The van der Waals surface area contributed by atoms with E-state index in [1.165, 1.54) is 0 Å². The fourth-order valence-electron chi connectivity index (χ4n) is 1.81. The molecule has 0 aromatic carbocycles. The molecule has 0 aliphatic rings. The maximum Gasteiger partial charge on any atom is 0.224 e. The van der Waals surface area contributed by atoms with Crippen molar-refractivity contribution in [2.75, 3.05) is 20.2 Å². The molecule has 5 nitrogen and oxygen atoms in total. The predicted molar refractivity (Wildman–Crippen MR) is 65.5 cm³/mol. The standard InChI is InChI=1S/C12H21N3O2/c1-3-4-11(15-6-5-13-10-15)9-12(17)14(2)7-8-16/h5-6,10-11,16H,3-4,7-9H2,1-2H3. The highest BCUT2D eigenvalue weighted by Gasteiger charge is 2.17. The summed E-state index contributed by atoms with van der Waals surface area (Å²) < 4.78 is 1.98. The molecule has 96 valence electrons. The SMILES string of the molecule is CCCC(CC(=O)N(C)CCO)n1ccnc1. The fourth-order valence-corrected chi connectivity index (χ4v) is 1.81. The van der Waals surface area contributed by atoms with Gasteiger partial charge >= 0.3 is 0 Å². The number of amides is 1. The van der Waals surface area contributed by atoms with Crippen LogP contribution in [0.1, 0.15) is 32.2 Å². The summed E-state index contributed by atoms with van der Waals surface area (Å²) in [5.74, 6) is 0.0613. The largest absolute Gasteiger partial charge is 0.395 e. The van der Waals surface area contributed by atoms with Gasteiger partial charge < -0.3 is 14.6 Å². The van der Waals surface area contributed by atoms with Crippen LogP contribution in [0.5, 0.6) is 0 Å². The highest BCUT2D eigenvalue weighted by molar-refractivity contribution is 5.76. The van der Waals surface area contributed by atoms with E-state index in [2.05, 4.69) is 11.9 Å². The molecule has 1 N–H and O–H groups in total. The van der Waals surface area contributed by atoms with Gasteiger partial charge in [0, 0.05) is 38.4 Å². The number of rotatable bonds is 7. The molecule has 0 aliphatic heterocycles. The Morgan fingerprint density at radius 1 is 1.59 bits per heavy atom. The van der Waals surface area contributed by atoms with Crippen LogP contribution in [0.15, 0.2) is 18.7 Å². The first-order valence-corrected chi connectivity index (χ1v) is 6.01. The van der Waals surface area contributed by atoms with Gasteiger partial charge in [-0.15, -0.1) is 0 Å². The number of carbonyl (C=O) groups excluding carboxylic acids is 1. The van der Waals surface area contributed by atoms with E-state index in [9.17, 15) is 4.79 Å². The minimum atomic E-state index is 0.00571. The number of carbonyl (C=O) groups is 1. The van der Waals surface area contributed by atoms with Gasteiger partial charge in [-0.2, -0.15) is 0 Å². The third kappa shape index (κ3) is 4.19. The van der Waals surface area contributed by atoms with Gasteiger partial charge in [-0.05, 0) is 6.42 Å². The third-order valence-corrected chi connectivity index (χ3v) is 2.84. The summed E-state index contributed by atoms with van der Waals surface area (Å²) in [6.07, 6.45) is 7.81. The van der Waals surface area contributed by atoms with E-state index in [0.717, 1.165) is 12.8 Å². The van der Waals surface area contributed by atoms with E-state index in [0.29, 0.717) is 13.0 Å². The summed E-state index contributed by atoms with van der Waals surface area (Å²) in [5.41, 5.74) is 0. The van der Waals surface area contributed by atoms with Crippen molar-refractivity contribution in [1.82, 2.24) is 14.5 Å². The summed E-state index contributed by atoms with van der Waals surface area (Å²) >= 11 is 0. The molecule has 0 radical (unpaired) electrons. The molecule has 1 aromatic rings. The first-order valence-electron chi connectivity index (χ1n) is 6.01. The average molecular weight is 239 g/mol. The van der Waals surface area contributed by atoms with Gasteiger partial charge in [0.1, 0.15) is 0 Å². The number of hydrogen-bond acceptors (Lipinski definition) is 3. The van der Waals surface area contributed by atoms with Crippen LogP contribution < -0.4 is 0 Å². The smallest absolute Gasteiger partial charge is 0.224 e. The molecule has 1 rings (SSSR count). The second-order valence-corrected chi connectivity index (χ2v) is 4.20. The highest BCUT2D eigenvalue weighted by Crippen LogP contribution is 2.18. The van der Waals surface area contributed by atoms with Crippen molar-refractivity contribution >= 4 is 5.91 Å². The summed E-state index contributed by atoms with van der Waals surface area (Å²) in [5, 5.41) is 8.80. The Morgan fingerprint density at radius 3 is 2.88 bits per heavy atom. The Kier molecular flexibility index (Phi) is 5.69. The Morgan fingerprint density at radius 2 is 2.35 bits per heavy atom. The molecule has 0 saturated heterocycles. The van der Waals surface area contributed by atoms with E-state index in [1.54, 1.807) is 24.5 Å². The highest BCUT2D eigenvalue weighted by atomic mass is 16.3. The molecule has 0 fully saturated rings. The van der Waals surface area contributed by atoms with Crippen LogP contribution in [-0.2, 0) is 4.79 Å². The Bertz CT molecular complexity index is 325. The number of hydrogen-bond donors (Lipinski definition) is 1. The van der Waals surface area contributed by atoms with Crippen LogP contribution in [-0.4, -0.2) is 45.7 Å². The lowest BCUT2D eigenvalue weighted by atomic mass is 10.1. The molecule has 1 unspecified atom stereocenters. The van der Waals surface area contributed by atoms with Crippen LogP contribution >= 0.6 is 0 Å². The van der Waals surface area contributed by atoms with Crippen molar-refractivity contribution in [3.63, 3.8) is 0 Å². The zero-order chi connectivity index (χ0) is 12.7. The van der Waals surface area contributed by atoms with Crippen LogP contribution in [0.3, 0.4) is 0 Å². The average Bonchev–Trinajstić information content (AvgIpc) is 2.82. The molecule has 1 heterocycles. The van der Waals surface area contributed by atoms with Gasteiger partial charge in [0.15, 0.2) is 0 Å². The Hall–Kier alpha value is -1.36. The van der Waals surface area contributed by atoms with Crippen LogP contribution in [0.2, 0.25) is 0 Å². The van der Waals surface area contributed by atoms with E-state index in [4.69, 9.17) is 5.11 Å². The Balaban J connectivity index is 2.58. The van der Waals surface area contributed by atoms with Crippen LogP contribution in [0.25, 0.3) is 0 Å². The normalized spacial score (nSPS) is 12.4. The first kappa shape index (κ1) is 13.7. The fraction of sp³-hybridized carbons (Fsp3) is 0.667. The molecule has 0 saturated carbocycles. The van der Waals surface area contributed by atoms with Crippen LogP contribution in [0.4, 0.5) is 0 Å². The number of nitrogens with zero attached hydrogens (tertiary/aromatic N) is 3. The van der Waals surface area contributed by atoms with Crippen molar-refractivity contribution in [2.45, 2.75) is 32.2 Å². The molecule has 5 heteroatoms. The van der Waals surface area contributed by atoms with Gasteiger partial charge in [-0.25, -0.2) is 4.98 Å². The number of imidazole rings is 1. The number of aromatic nitrogens is 2. The molecular weight excluding hydrogens is 218 g/mol. The van der Waals surface area contributed by atoms with E-state index < -0.39 is 0 Å². The van der Waals surface area contributed by atoms with E-state index in [-0.39, 0.29) is 18.6 Å². The summed E-state index contributed by atoms with van der Waals surface area (Å²) in [6, 6.07) is 0.163. The molecule has 1 atom stereocenters. The molecule has 17 heavy (non-hydrogen) atoms. The van der Waals surface area contributed by atoms with Crippen molar-refractivity contribution in [3.05, 3.63) is 18.7 Å². The predicted octanol–water partition coefficient (Wildman–Crippen LogP) is 1.07. The monoisotopic (exact) mass is 239 g/mol. The minimum absolute atomic E-state index is 0.00571. The maximum absolute atomic E-state index is 11.9. The van der Waals surface area contributed by atoms with E-state index >= 15 is 0 Å². The van der Waals surface area contributed by atoms with Crippen LogP contribution in [0, 0.1) is 0 Å². The summed E-state index contributed by atoms with van der Waals surface area (Å²) in [7, 11) is 1.72. The van der Waals surface area contributed by atoms with E-state index in [1.807, 2.05) is 10.8 Å². The zero-order valence-electron chi connectivity index (χ0n) is 10.5. The quantitative estimate of drug-likeness (QED) is 0.774. The molecular formula is C12H21N3O2. The number of aliphatic hydroxyl groups is 1. The van der Waals surface area contributed by atoms with Crippen molar-refractivity contribution < 1.29 is 9.90 Å². The van der Waals surface area contributed by atoms with Gasteiger partial charge in [0.05, 0.1) is 12.9 Å². The molecule has 0 aliphatic carbocycles.